The van der Waals surface area contributed by atoms with Gasteiger partial charge < -0.3 is 10.1 Å². The first kappa shape index (κ1) is 16.9. The van der Waals surface area contributed by atoms with E-state index in [2.05, 4.69) is 37.4 Å². The summed E-state index contributed by atoms with van der Waals surface area (Å²) in [6.45, 7) is 5.35. The molecule has 118 valence electrons. The maximum Gasteiger partial charge on any atom is 0.119 e. The molecule has 0 aliphatic rings. The normalized spacial score (nSPS) is 13.6. The summed E-state index contributed by atoms with van der Waals surface area (Å²) in [6.07, 6.45) is 1.05. The molecule has 2 rings (SSSR count). The molecule has 2 atom stereocenters. The molecule has 0 heterocycles. The van der Waals surface area contributed by atoms with Crippen LogP contribution in [0.15, 0.2) is 48.5 Å². The second-order valence-corrected chi connectivity index (χ2v) is 6.07. The van der Waals surface area contributed by atoms with Crippen molar-refractivity contribution in [3.8, 4) is 5.75 Å². The van der Waals surface area contributed by atoms with Gasteiger partial charge in [-0.05, 0) is 55.1 Å². The van der Waals surface area contributed by atoms with Crippen molar-refractivity contribution < 1.29 is 4.74 Å². The minimum absolute atomic E-state index is 0.300. The van der Waals surface area contributed by atoms with E-state index in [0.29, 0.717) is 12.0 Å². The summed E-state index contributed by atoms with van der Waals surface area (Å²) in [5.74, 6) is 1.34. The Morgan fingerprint density at radius 3 is 2.59 bits per heavy atom. The maximum absolute atomic E-state index is 6.26. The van der Waals surface area contributed by atoms with E-state index in [1.165, 1.54) is 11.1 Å². The third kappa shape index (κ3) is 4.49. The van der Waals surface area contributed by atoms with Gasteiger partial charge in [0.1, 0.15) is 5.75 Å². The second kappa shape index (κ2) is 8.21. The van der Waals surface area contributed by atoms with Gasteiger partial charge in [0.25, 0.3) is 0 Å². The number of rotatable bonds is 7. The van der Waals surface area contributed by atoms with Crippen molar-refractivity contribution in [3.63, 3.8) is 0 Å². The molecule has 2 aromatic rings. The standard InChI is InChI=1S/C19H24ClNO/c1-14(18-9-4-5-10-19(18)20)11-12-21-15(2)16-7-6-8-17(13-16)22-3/h4-10,13-15,21H,11-12H2,1-3H3. The van der Waals surface area contributed by atoms with Gasteiger partial charge in [-0.2, -0.15) is 0 Å². The molecule has 0 amide bonds. The molecule has 0 fully saturated rings. The van der Waals surface area contributed by atoms with Crippen LogP contribution >= 0.6 is 11.6 Å². The van der Waals surface area contributed by atoms with Crippen LogP contribution in [0.5, 0.6) is 5.75 Å². The van der Waals surface area contributed by atoms with Crippen LogP contribution in [0.3, 0.4) is 0 Å². The van der Waals surface area contributed by atoms with Gasteiger partial charge in [-0.25, -0.2) is 0 Å². The predicted molar refractivity (Wildman–Crippen MR) is 93.9 cm³/mol. The lowest BCUT2D eigenvalue weighted by molar-refractivity contribution is 0.413. The number of halogens is 1. The SMILES string of the molecule is COc1cccc(C(C)NCCC(C)c2ccccc2Cl)c1. The van der Waals surface area contributed by atoms with Gasteiger partial charge in [-0.3, -0.25) is 0 Å². The number of hydrogen-bond donors (Lipinski definition) is 1. The zero-order valence-electron chi connectivity index (χ0n) is 13.5. The van der Waals surface area contributed by atoms with E-state index in [9.17, 15) is 0 Å². The molecule has 0 saturated carbocycles. The van der Waals surface area contributed by atoms with Gasteiger partial charge in [-0.15, -0.1) is 0 Å². The average molecular weight is 318 g/mol. The molecule has 2 aromatic carbocycles. The van der Waals surface area contributed by atoms with E-state index in [-0.39, 0.29) is 0 Å². The van der Waals surface area contributed by atoms with E-state index >= 15 is 0 Å². The van der Waals surface area contributed by atoms with E-state index in [4.69, 9.17) is 16.3 Å². The van der Waals surface area contributed by atoms with Crippen LogP contribution in [0.4, 0.5) is 0 Å². The molecule has 0 radical (unpaired) electrons. The maximum atomic E-state index is 6.26. The van der Waals surface area contributed by atoms with Crippen molar-refractivity contribution in [1.82, 2.24) is 5.32 Å². The molecule has 0 aromatic heterocycles. The largest absolute Gasteiger partial charge is 0.497 e. The van der Waals surface area contributed by atoms with Crippen LogP contribution in [0.1, 0.15) is 43.4 Å². The van der Waals surface area contributed by atoms with Gasteiger partial charge in [-0.1, -0.05) is 48.9 Å². The van der Waals surface area contributed by atoms with E-state index in [1.807, 2.05) is 30.3 Å². The number of benzene rings is 2. The van der Waals surface area contributed by atoms with Crippen LogP contribution in [0, 0.1) is 0 Å². The highest BCUT2D eigenvalue weighted by molar-refractivity contribution is 6.31. The molecule has 2 nitrogen and oxygen atoms in total. The number of nitrogens with one attached hydrogen (secondary N) is 1. The minimum Gasteiger partial charge on any atom is -0.497 e. The van der Waals surface area contributed by atoms with Crippen molar-refractivity contribution >= 4 is 11.6 Å². The summed E-state index contributed by atoms with van der Waals surface area (Å²) in [5.41, 5.74) is 2.46. The first-order chi connectivity index (χ1) is 10.6. The van der Waals surface area contributed by atoms with Crippen LogP contribution < -0.4 is 10.1 Å². The number of hydrogen-bond acceptors (Lipinski definition) is 2. The summed E-state index contributed by atoms with van der Waals surface area (Å²) >= 11 is 6.26. The van der Waals surface area contributed by atoms with Gasteiger partial charge in [0.2, 0.25) is 0 Å². The lowest BCUT2D eigenvalue weighted by atomic mass is 9.97. The van der Waals surface area contributed by atoms with Crippen molar-refractivity contribution in [2.75, 3.05) is 13.7 Å². The monoisotopic (exact) mass is 317 g/mol. The number of ether oxygens (including phenoxy) is 1. The Morgan fingerprint density at radius 2 is 1.86 bits per heavy atom. The number of methoxy groups -OCH3 is 1. The van der Waals surface area contributed by atoms with Crippen LogP contribution in [-0.4, -0.2) is 13.7 Å². The molecular weight excluding hydrogens is 294 g/mol. The fourth-order valence-corrected chi connectivity index (χ4v) is 2.90. The lowest BCUT2D eigenvalue weighted by Crippen LogP contribution is -2.21. The Balaban J connectivity index is 1.86. The summed E-state index contributed by atoms with van der Waals surface area (Å²) in [4.78, 5) is 0. The van der Waals surface area contributed by atoms with Crippen molar-refractivity contribution in [2.45, 2.75) is 32.2 Å². The second-order valence-electron chi connectivity index (χ2n) is 5.66. The highest BCUT2D eigenvalue weighted by Gasteiger charge is 2.10. The van der Waals surface area contributed by atoms with Gasteiger partial charge in [0.15, 0.2) is 0 Å². The summed E-state index contributed by atoms with van der Waals surface area (Å²) in [5, 5.41) is 4.43. The molecule has 0 aliphatic heterocycles. The summed E-state index contributed by atoms with van der Waals surface area (Å²) in [7, 11) is 1.70. The molecule has 3 heteroatoms. The highest BCUT2D eigenvalue weighted by atomic mass is 35.5. The van der Waals surface area contributed by atoms with Crippen LogP contribution in [-0.2, 0) is 0 Å². The Kier molecular flexibility index (Phi) is 6.29. The average Bonchev–Trinajstić information content (AvgIpc) is 2.55. The predicted octanol–water partition coefficient (Wildman–Crippen LogP) is 5.19. The Bertz CT molecular complexity index is 599. The van der Waals surface area contributed by atoms with Crippen LogP contribution in [0.2, 0.25) is 5.02 Å². The smallest absolute Gasteiger partial charge is 0.119 e. The fourth-order valence-electron chi connectivity index (χ4n) is 2.58. The van der Waals surface area contributed by atoms with E-state index in [1.54, 1.807) is 7.11 Å². The molecule has 0 saturated heterocycles. The fraction of sp³-hybridized carbons (Fsp3) is 0.368. The molecule has 2 unspecified atom stereocenters. The van der Waals surface area contributed by atoms with Gasteiger partial charge in [0.05, 0.1) is 7.11 Å². The lowest BCUT2D eigenvalue weighted by Gasteiger charge is -2.18. The Morgan fingerprint density at radius 1 is 1.09 bits per heavy atom. The third-order valence-corrected chi connectivity index (χ3v) is 4.40. The molecule has 0 aliphatic carbocycles. The first-order valence-corrected chi connectivity index (χ1v) is 8.11. The Hall–Kier alpha value is -1.51. The Labute approximate surface area is 138 Å². The van der Waals surface area contributed by atoms with Crippen molar-refractivity contribution in [2.24, 2.45) is 0 Å². The van der Waals surface area contributed by atoms with Crippen molar-refractivity contribution in [1.29, 1.82) is 0 Å². The molecule has 0 spiro atoms. The van der Waals surface area contributed by atoms with Gasteiger partial charge in [0, 0.05) is 11.1 Å². The zero-order valence-corrected chi connectivity index (χ0v) is 14.2. The topological polar surface area (TPSA) is 21.3 Å². The third-order valence-electron chi connectivity index (χ3n) is 4.06. The quantitative estimate of drug-likeness (QED) is 0.758. The summed E-state index contributed by atoms with van der Waals surface area (Å²) < 4.78 is 5.28. The minimum atomic E-state index is 0.300. The van der Waals surface area contributed by atoms with Crippen molar-refractivity contribution in [3.05, 3.63) is 64.7 Å². The molecule has 0 bridgehead atoms. The molecule has 1 N–H and O–H groups in total. The molecular formula is C19H24ClNO. The van der Waals surface area contributed by atoms with E-state index < -0.39 is 0 Å². The first-order valence-electron chi connectivity index (χ1n) is 7.73. The van der Waals surface area contributed by atoms with Gasteiger partial charge >= 0.3 is 0 Å². The summed E-state index contributed by atoms with van der Waals surface area (Å²) in [6, 6.07) is 16.6. The zero-order chi connectivity index (χ0) is 15.9. The van der Waals surface area contributed by atoms with E-state index in [0.717, 1.165) is 23.7 Å². The highest BCUT2D eigenvalue weighted by Crippen LogP contribution is 2.26. The molecule has 22 heavy (non-hydrogen) atoms. The van der Waals surface area contributed by atoms with Crippen LogP contribution in [0.25, 0.3) is 0 Å².